The molecule has 0 unspecified atom stereocenters. The monoisotopic (exact) mass is 371 g/mol. The number of amides is 2. The summed E-state index contributed by atoms with van der Waals surface area (Å²) in [6.07, 6.45) is 2.86. The van der Waals surface area contributed by atoms with Gasteiger partial charge in [0.05, 0.1) is 11.4 Å². The molecule has 1 atom stereocenters. The van der Waals surface area contributed by atoms with Crippen LogP contribution in [0.4, 0.5) is 10.5 Å². The molecule has 1 saturated heterocycles. The number of hydrogen-bond donors (Lipinski definition) is 3. The van der Waals surface area contributed by atoms with Crippen LogP contribution in [0.3, 0.4) is 0 Å². The predicted molar refractivity (Wildman–Crippen MR) is 106 cm³/mol. The number of benzene rings is 1. The summed E-state index contributed by atoms with van der Waals surface area (Å²) in [7, 11) is 2.13. The number of likely N-dealkylation sites (tertiary alicyclic amines) is 1. The van der Waals surface area contributed by atoms with Gasteiger partial charge in [0, 0.05) is 31.2 Å². The molecule has 0 aliphatic carbocycles. The second kappa shape index (κ2) is 8.90. The number of carbonyl (C=O) groups excluding carboxylic acids is 1. The van der Waals surface area contributed by atoms with E-state index in [0.717, 1.165) is 43.1 Å². The molecule has 1 aromatic carbocycles. The van der Waals surface area contributed by atoms with Crippen LogP contribution in [0.15, 0.2) is 30.3 Å². The molecule has 1 fully saturated rings. The van der Waals surface area contributed by atoms with E-state index < -0.39 is 0 Å². The van der Waals surface area contributed by atoms with Crippen LogP contribution in [-0.4, -0.2) is 53.4 Å². The number of para-hydroxylation sites is 2. The maximum absolute atomic E-state index is 12.4. The van der Waals surface area contributed by atoms with E-state index in [1.54, 1.807) is 0 Å². The Hall–Kier alpha value is -2.54. The summed E-state index contributed by atoms with van der Waals surface area (Å²) >= 11 is 0. The molecule has 2 heterocycles. The van der Waals surface area contributed by atoms with Crippen LogP contribution in [0, 0.1) is 6.92 Å². The fraction of sp³-hybridized carbons (Fsp3) is 0.500. The van der Waals surface area contributed by atoms with Crippen LogP contribution in [0.2, 0.25) is 0 Å². The Bertz CT molecular complexity index is 752. The van der Waals surface area contributed by atoms with Crippen molar-refractivity contribution in [2.24, 2.45) is 0 Å². The Morgan fingerprint density at radius 3 is 2.81 bits per heavy atom. The van der Waals surface area contributed by atoms with E-state index in [1.807, 2.05) is 44.2 Å². The van der Waals surface area contributed by atoms with Gasteiger partial charge in [0.2, 0.25) is 0 Å². The zero-order valence-electron chi connectivity index (χ0n) is 16.3. The molecule has 0 bridgehead atoms. The second-order valence-electron chi connectivity index (χ2n) is 7.36. The van der Waals surface area contributed by atoms with Gasteiger partial charge in [-0.05, 0) is 51.9 Å². The van der Waals surface area contributed by atoms with E-state index in [2.05, 4.69) is 32.8 Å². The number of anilines is 1. The molecule has 1 aromatic heterocycles. The molecular weight excluding hydrogens is 342 g/mol. The molecule has 7 heteroatoms. The number of carbonyl (C=O) groups is 1. The normalized spacial score (nSPS) is 16.7. The van der Waals surface area contributed by atoms with Crippen LogP contribution < -0.4 is 15.4 Å². The van der Waals surface area contributed by atoms with E-state index >= 15 is 0 Å². The van der Waals surface area contributed by atoms with E-state index in [4.69, 9.17) is 4.74 Å². The smallest absolute Gasteiger partial charge is 0.319 e. The molecule has 1 aliphatic heterocycles. The molecule has 2 aromatic rings. The topological polar surface area (TPSA) is 82.3 Å². The Morgan fingerprint density at radius 2 is 2.11 bits per heavy atom. The fourth-order valence-electron chi connectivity index (χ4n) is 3.28. The SMILES string of the molecule is Cc1cc(C[C@@H](C)NC(=O)Nc2ccccc2OC2CCN(C)CC2)n[nH]1. The van der Waals surface area contributed by atoms with Crippen molar-refractivity contribution < 1.29 is 9.53 Å². The summed E-state index contributed by atoms with van der Waals surface area (Å²) in [5.74, 6) is 0.720. The van der Waals surface area contributed by atoms with Gasteiger partial charge >= 0.3 is 6.03 Å². The maximum Gasteiger partial charge on any atom is 0.319 e. The van der Waals surface area contributed by atoms with Crippen molar-refractivity contribution in [2.75, 3.05) is 25.5 Å². The summed E-state index contributed by atoms with van der Waals surface area (Å²) in [6.45, 7) is 5.99. The van der Waals surface area contributed by atoms with Crippen molar-refractivity contribution >= 4 is 11.7 Å². The van der Waals surface area contributed by atoms with Crippen LogP contribution >= 0.6 is 0 Å². The molecular formula is C20H29N5O2. The number of aromatic amines is 1. The van der Waals surface area contributed by atoms with E-state index in [9.17, 15) is 4.79 Å². The minimum Gasteiger partial charge on any atom is -0.488 e. The molecule has 3 rings (SSSR count). The lowest BCUT2D eigenvalue weighted by molar-refractivity contribution is 0.115. The third-order valence-corrected chi connectivity index (χ3v) is 4.75. The summed E-state index contributed by atoms with van der Waals surface area (Å²) in [6, 6.07) is 9.31. The molecule has 27 heavy (non-hydrogen) atoms. The Balaban J connectivity index is 1.54. The lowest BCUT2D eigenvalue weighted by Crippen LogP contribution is -2.38. The van der Waals surface area contributed by atoms with Gasteiger partial charge in [-0.1, -0.05) is 12.1 Å². The number of rotatable bonds is 6. The lowest BCUT2D eigenvalue weighted by Gasteiger charge is -2.29. The Kier molecular flexibility index (Phi) is 6.34. The molecule has 0 spiro atoms. The molecule has 2 amide bonds. The largest absolute Gasteiger partial charge is 0.488 e. The minimum absolute atomic E-state index is 0.0327. The molecule has 3 N–H and O–H groups in total. The quantitative estimate of drug-likeness (QED) is 0.729. The van der Waals surface area contributed by atoms with Crippen molar-refractivity contribution in [3.63, 3.8) is 0 Å². The first-order valence-electron chi connectivity index (χ1n) is 9.52. The average Bonchev–Trinajstić information content (AvgIpc) is 3.03. The van der Waals surface area contributed by atoms with Gasteiger partial charge in [-0.15, -0.1) is 0 Å². The third kappa shape index (κ3) is 5.72. The van der Waals surface area contributed by atoms with Crippen LogP contribution in [-0.2, 0) is 6.42 Å². The van der Waals surface area contributed by atoms with Crippen LogP contribution in [0.1, 0.15) is 31.2 Å². The van der Waals surface area contributed by atoms with Crippen molar-refractivity contribution in [3.05, 3.63) is 41.7 Å². The van der Waals surface area contributed by atoms with Crippen LogP contribution in [0.25, 0.3) is 0 Å². The van der Waals surface area contributed by atoms with Gasteiger partial charge < -0.3 is 20.3 Å². The van der Waals surface area contributed by atoms with E-state index in [-0.39, 0.29) is 18.2 Å². The number of nitrogens with zero attached hydrogens (tertiary/aromatic N) is 2. The van der Waals surface area contributed by atoms with Gasteiger partial charge in [-0.3, -0.25) is 5.10 Å². The van der Waals surface area contributed by atoms with Gasteiger partial charge in [-0.2, -0.15) is 5.10 Å². The van der Waals surface area contributed by atoms with Crippen molar-refractivity contribution in [3.8, 4) is 5.75 Å². The molecule has 0 saturated carbocycles. The van der Waals surface area contributed by atoms with Gasteiger partial charge in [-0.25, -0.2) is 4.79 Å². The standard InChI is InChI=1S/C20H29N5O2/c1-14(12-16-13-15(2)23-24-16)21-20(26)22-18-6-4-5-7-19(18)27-17-8-10-25(3)11-9-17/h4-7,13-14,17H,8-12H2,1-3H3,(H,23,24)(H2,21,22,26)/t14-/m1/s1. The summed E-state index contributed by atoms with van der Waals surface area (Å²) in [5.41, 5.74) is 2.64. The zero-order chi connectivity index (χ0) is 19.2. The molecule has 7 nitrogen and oxygen atoms in total. The van der Waals surface area contributed by atoms with Crippen molar-refractivity contribution in [2.45, 2.75) is 45.3 Å². The summed E-state index contributed by atoms with van der Waals surface area (Å²) in [4.78, 5) is 14.7. The number of piperidine rings is 1. The molecule has 0 radical (unpaired) electrons. The average molecular weight is 371 g/mol. The number of H-pyrrole nitrogens is 1. The minimum atomic E-state index is -0.241. The fourth-order valence-corrected chi connectivity index (χ4v) is 3.28. The van der Waals surface area contributed by atoms with Crippen molar-refractivity contribution in [1.82, 2.24) is 20.4 Å². The number of nitrogens with one attached hydrogen (secondary N) is 3. The summed E-state index contributed by atoms with van der Waals surface area (Å²) < 4.78 is 6.16. The van der Waals surface area contributed by atoms with Crippen molar-refractivity contribution in [1.29, 1.82) is 0 Å². The van der Waals surface area contributed by atoms with E-state index in [0.29, 0.717) is 12.1 Å². The highest BCUT2D eigenvalue weighted by Crippen LogP contribution is 2.27. The number of aryl methyl sites for hydroxylation is 1. The third-order valence-electron chi connectivity index (χ3n) is 4.75. The number of aromatic nitrogens is 2. The van der Waals surface area contributed by atoms with Gasteiger partial charge in [0.1, 0.15) is 11.9 Å². The van der Waals surface area contributed by atoms with E-state index in [1.165, 1.54) is 0 Å². The number of hydrogen-bond acceptors (Lipinski definition) is 4. The highest BCUT2D eigenvalue weighted by molar-refractivity contribution is 5.91. The zero-order valence-corrected chi connectivity index (χ0v) is 16.3. The Labute approximate surface area is 160 Å². The second-order valence-corrected chi connectivity index (χ2v) is 7.36. The first kappa shape index (κ1) is 19.2. The first-order valence-corrected chi connectivity index (χ1v) is 9.52. The first-order chi connectivity index (χ1) is 13.0. The van der Waals surface area contributed by atoms with Gasteiger partial charge in [0.25, 0.3) is 0 Å². The highest BCUT2D eigenvalue weighted by atomic mass is 16.5. The Morgan fingerprint density at radius 1 is 1.37 bits per heavy atom. The number of urea groups is 1. The predicted octanol–water partition coefficient (Wildman–Crippen LogP) is 2.94. The lowest BCUT2D eigenvalue weighted by atomic mass is 10.1. The van der Waals surface area contributed by atoms with Crippen LogP contribution in [0.5, 0.6) is 5.75 Å². The maximum atomic E-state index is 12.4. The van der Waals surface area contributed by atoms with Gasteiger partial charge in [0.15, 0.2) is 0 Å². The highest BCUT2D eigenvalue weighted by Gasteiger charge is 2.19. The number of ether oxygens (including phenoxy) is 1. The molecule has 146 valence electrons. The summed E-state index contributed by atoms with van der Waals surface area (Å²) in [5, 5.41) is 13.0. The molecule has 1 aliphatic rings.